The minimum Gasteiger partial charge on any atom is -0.293 e. The Morgan fingerprint density at radius 1 is 0.464 bits per heavy atom. The van der Waals surface area contributed by atoms with E-state index in [1.54, 1.807) is 0 Å². The van der Waals surface area contributed by atoms with E-state index < -0.39 is 0 Å². The van der Waals surface area contributed by atoms with Crippen molar-refractivity contribution >= 4 is 53.7 Å². The molecule has 6 rings (SSSR count). The Morgan fingerprint density at radius 3 is 1.43 bits per heavy atom. The van der Waals surface area contributed by atoms with Crippen molar-refractivity contribution in [2.75, 3.05) is 19.6 Å². The minimum atomic E-state index is 0.701. The molecule has 0 saturated heterocycles. The van der Waals surface area contributed by atoms with Gasteiger partial charge in [0.05, 0.1) is 0 Å². The van der Waals surface area contributed by atoms with Crippen molar-refractivity contribution in [2.45, 2.75) is 78.7 Å². The number of allylic oxidation sites excluding steroid dienone is 2. The lowest BCUT2D eigenvalue weighted by Crippen LogP contribution is -2.32. The molecule has 1 aromatic heterocycles. The Morgan fingerprint density at radius 2 is 0.913 bits per heavy atom. The summed E-state index contributed by atoms with van der Waals surface area (Å²) in [4.78, 5) is 14.1. The largest absolute Gasteiger partial charge is 0.293 e. The third-order valence-corrected chi connectivity index (χ3v) is 11.1. The van der Waals surface area contributed by atoms with E-state index in [-0.39, 0.29) is 0 Å². The van der Waals surface area contributed by atoms with Crippen LogP contribution in [-0.2, 0) is 6.54 Å². The van der Waals surface area contributed by atoms with Crippen LogP contribution in [0.1, 0.15) is 117 Å². The van der Waals surface area contributed by atoms with E-state index in [0.29, 0.717) is 19.6 Å². The first-order chi connectivity index (χ1) is 34.1. The van der Waals surface area contributed by atoms with Gasteiger partial charge in [0, 0.05) is 104 Å². The third kappa shape index (κ3) is 17.3. The molecule has 4 nitrogen and oxygen atoms in total. The maximum Gasteiger partial charge on any atom is 0.176 e. The molecule has 0 aliphatic rings. The molecular formula is C65H63N4+. The molecule has 69 heavy (non-hydrogen) atoms. The fourth-order valence-electron chi connectivity index (χ4n) is 7.47. The van der Waals surface area contributed by atoms with E-state index in [0.717, 1.165) is 96.5 Å². The Labute approximate surface area is 411 Å². The number of aliphatic imine (C=N–C) groups is 3. The van der Waals surface area contributed by atoms with Crippen molar-refractivity contribution in [1.82, 2.24) is 0 Å². The molecule has 0 fully saturated rings. The normalized spacial score (nSPS) is 11.8. The minimum absolute atomic E-state index is 0.701. The zero-order chi connectivity index (χ0) is 48.0. The SMILES string of the molecule is C/C=C\c1ccccc1C=NCCCC#Cc1cc(C#CCCC[n+]2ccc3ccccc3c2)c(C#CCCCN=Cc2ccccc2/C=C\C)cc1C#CCCCN=C/C=c1/cccc/c1=C/C. The Hall–Kier alpha value is -8.02. The number of fused-ring (bicyclic) bond motifs is 1. The summed E-state index contributed by atoms with van der Waals surface area (Å²) in [5, 5.41) is 4.85. The van der Waals surface area contributed by atoms with Crippen LogP contribution in [0.25, 0.3) is 35.1 Å². The first-order valence-corrected chi connectivity index (χ1v) is 24.3. The number of nitrogens with zero attached hydrogens (tertiary/aromatic N) is 4. The lowest BCUT2D eigenvalue weighted by Gasteiger charge is -2.04. The van der Waals surface area contributed by atoms with Gasteiger partial charge in [0.2, 0.25) is 0 Å². The zero-order valence-corrected chi connectivity index (χ0v) is 40.6. The Balaban J connectivity index is 1.20. The van der Waals surface area contributed by atoms with Gasteiger partial charge in [-0.05, 0) is 102 Å². The molecule has 0 saturated carbocycles. The van der Waals surface area contributed by atoms with Crippen LogP contribution in [0.15, 0.2) is 155 Å². The van der Waals surface area contributed by atoms with E-state index in [4.69, 9.17) is 9.98 Å². The number of unbranched alkanes of at least 4 members (excludes halogenated alkanes) is 4. The molecule has 0 spiro atoms. The predicted molar refractivity (Wildman–Crippen MR) is 296 cm³/mol. The summed E-state index contributed by atoms with van der Waals surface area (Å²) < 4.78 is 2.25. The second-order valence-corrected chi connectivity index (χ2v) is 16.3. The molecule has 0 aliphatic carbocycles. The number of benzene rings is 5. The van der Waals surface area contributed by atoms with Crippen molar-refractivity contribution in [3.63, 3.8) is 0 Å². The molecule has 0 atom stereocenters. The smallest absolute Gasteiger partial charge is 0.176 e. The van der Waals surface area contributed by atoms with Crippen LogP contribution in [0, 0.1) is 47.4 Å². The maximum absolute atomic E-state index is 4.72. The van der Waals surface area contributed by atoms with Crippen molar-refractivity contribution in [3.8, 4) is 47.4 Å². The van der Waals surface area contributed by atoms with Gasteiger partial charge in [0.15, 0.2) is 12.4 Å². The predicted octanol–water partition coefficient (Wildman–Crippen LogP) is 12.0. The maximum atomic E-state index is 4.72. The second kappa shape index (κ2) is 29.6. The zero-order valence-electron chi connectivity index (χ0n) is 40.6. The van der Waals surface area contributed by atoms with Crippen molar-refractivity contribution in [3.05, 3.63) is 195 Å². The first-order valence-electron chi connectivity index (χ1n) is 24.3. The molecule has 0 bridgehead atoms. The quantitative estimate of drug-likeness (QED) is 0.0379. The first kappa shape index (κ1) is 50.4. The highest BCUT2D eigenvalue weighted by atomic mass is 14.9. The number of pyridine rings is 1. The molecule has 4 heteroatoms. The van der Waals surface area contributed by atoms with Gasteiger partial charge in [0.1, 0.15) is 6.54 Å². The van der Waals surface area contributed by atoms with Crippen molar-refractivity contribution in [2.24, 2.45) is 15.0 Å². The molecule has 0 radical (unpaired) electrons. The summed E-state index contributed by atoms with van der Waals surface area (Å²) in [6.07, 6.45) is 29.1. The molecule has 0 amide bonds. The number of hydrogen-bond donors (Lipinski definition) is 0. The monoisotopic (exact) mass is 900 g/mol. The topological polar surface area (TPSA) is 41.0 Å². The van der Waals surface area contributed by atoms with Crippen molar-refractivity contribution in [1.29, 1.82) is 0 Å². The van der Waals surface area contributed by atoms with E-state index in [2.05, 4.69) is 216 Å². The van der Waals surface area contributed by atoms with E-state index >= 15 is 0 Å². The summed E-state index contributed by atoms with van der Waals surface area (Å²) >= 11 is 0. The van der Waals surface area contributed by atoms with Gasteiger partial charge >= 0.3 is 0 Å². The van der Waals surface area contributed by atoms with Gasteiger partial charge in [-0.3, -0.25) is 15.0 Å². The standard InChI is InChI=1S/C65H63N4/c1-4-27-55-30-17-20-38-63(55)51-67-44-24-8-12-35-60-50-62(37-14-10-26-47-69-48-42-58-33-19-22-40-65(58)53-69)61(36-13-9-25-45-68-52-64-39-21-18-31-56(64)28-5-2)49-59(60)34-11-7-23-43-66-46-41-57-32-16-15-29-54(57)6-3/h4-6,15-22,27-33,38-42,46,48-53H,7-10,23-26,43-45,47H2,1-3H3/q+1/b27-4-,28-5-,54-6-,57-41-,66-46?,67-51?,68-52?. The highest BCUT2D eigenvalue weighted by Crippen LogP contribution is 2.17. The van der Waals surface area contributed by atoms with E-state index in [1.165, 1.54) is 27.1 Å². The van der Waals surface area contributed by atoms with Crippen LogP contribution >= 0.6 is 0 Å². The van der Waals surface area contributed by atoms with Gasteiger partial charge in [0.25, 0.3) is 0 Å². The Bertz CT molecular complexity index is 3190. The number of rotatable bonds is 17. The molecule has 0 aliphatic heterocycles. The summed E-state index contributed by atoms with van der Waals surface area (Å²) in [6.45, 7) is 9.12. The van der Waals surface area contributed by atoms with Crippen LogP contribution in [-0.4, -0.2) is 38.3 Å². The lowest BCUT2D eigenvalue weighted by atomic mass is 9.98. The van der Waals surface area contributed by atoms with Crippen molar-refractivity contribution < 1.29 is 4.57 Å². The molecule has 6 aromatic rings. The second-order valence-electron chi connectivity index (χ2n) is 16.3. The summed E-state index contributed by atoms with van der Waals surface area (Å²) in [5.74, 6) is 27.7. The number of aromatic nitrogens is 1. The fourth-order valence-corrected chi connectivity index (χ4v) is 7.47. The van der Waals surface area contributed by atoms with E-state index in [1.807, 2.05) is 44.6 Å². The highest BCUT2D eigenvalue weighted by molar-refractivity contribution is 5.91. The average molecular weight is 900 g/mol. The summed E-state index contributed by atoms with van der Waals surface area (Å²) in [7, 11) is 0. The molecule has 0 N–H and O–H groups in total. The lowest BCUT2D eigenvalue weighted by molar-refractivity contribution is -0.695. The van der Waals surface area contributed by atoms with Gasteiger partial charge < -0.3 is 0 Å². The van der Waals surface area contributed by atoms with Crippen LogP contribution in [0.3, 0.4) is 0 Å². The molecule has 342 valence electrons. The van der Waals surface area contributed by atoms with Gasteiger partial charge in [-0.15, -0.1) is 0 Å². The van der Waals surface area contributed by atoms with Gasteiger partial charge in [-0.2, -0.15) is 0 Å². The Kier molecular flexibility index (Phi) is 21.6. The van der Waals surface area contributed by atoms with Crippen LogP contribution in [0.4, 0.5) is 0 Å². The van der Waals surface area contributed by atoms with Gasteiger partial charge in [-0.1, -0.05) is 169 Å². The molecule has 1 heterocycles. The molecule has 5 aromatic carbocycles. The number of hydrogen-bond acceptors (Lipinski definition) is 3. The molecule has 0 unspecified atom stereocenters. The average Bonchev–Trinajstić information content (AvgIpc) is 3.38. The van der Waals surface area contributed by atoms with E-state index in [9.17, 15) is 0 Å². The molecular weight excluding hydrogens is 837 g/mol. The fraction of sp³-hybridized carbons (Fsp3) is 0.231. The number of aryl methyl sites for hydroxylation is 1. The third-order valence-electron chi connectivity index (χ3n) is 11.1. The van der Waals surface area contributed by atoms with Crippen LogP contribution < -0.4 is 15.0 Å². The van der Waals surface area contributed by atoms with Crippen LogP contribution in [0.5, 0.6) is 0 Å². The summed E-state index contributed by atoms with van der Waals surface area (Å²) in [5.41, 5.74) is 8.07. The van der Waals surface area contributed by atoms with Gasteiger partial charge in [-0.25, -0.2) is 4.57 Å². The summed E-state index contributed by atoms with van der Waals surface area (Å²) in [6, 6.07) is 39.8. The van der Waals surface area contributed by atoms with Crippen LogP contribution in [0.2, 0.25) is 0 Å². The highest BCUT2D eigenvalue weighted by Gasteiger charge is 2.07.